The number of hydrogen-bond donors (Lipinski definition) is 1. The second kappa shape index (κ2) is 13.3. The van der Waals surface area contributed by atoms with E-state index in [9.17, 15) is 0 Å². The van der Waals surface area contributed by atoms with Gasteiger partial charge in [-0.05, 0) is 69.4 Å². The van der Waals surface area contributed by atoms with Crippen LogP contribution in [0, 0.1) is 0 Å². The second-order valence-corrected chi connectivity index (χ2v) is 8.14. The molecule has 1 aromatic carbocycles. The monoisotopic (exact) mass is 514 g/mol. The number of nitrogens with one attached hydrogen (secondary N) is 1. The molecule has 0 saturated carbocycles. The molecule has 5 nitrogen and oxygen atoms in total. The van der Waals surface area contributed by atoms with Gasteiger partial charge in [-0.3, -0.25) is 4.99 Å². The summed E-state index contributed by atoms with van der Waals surface area (Å²) in [6.45, 7) is 7.05. The van der Waals surface area contributed by atoms with Gasteiger partial charge in [0.05, 0.1) is 7.11 Å². The molecular weight excluding hydrogens is 475 g/mol. The number of unbranched alkanes of at least 4 members (excludes halogenated alkanes) is 2. The van der Waals surface area contributed by atoms with Crippen molar-refractivity contribution in [3.05, 3.63) is 29.8 Å². The molecule has 2 aliphatic heterocycles. The van der Waals surface area contributed by atoms with Crippen molar-refractivity contribution in [2.45, 2.75) is 50.9 Å². The maximum Gasteiger partial charge on any atom is 0.193 e. The van der Waals surface area contributed by atoms with Gasteiger partial charge in [-0.2, -0.15) is 0 Å². The van der Waals surface area contributed by atoms with Crippen molar-refractivity contribution < 1.29 is 4.74 Å². The largest absolute Gasteiger partial charge is 0.497 e. The molecule has 164 valence electrons. The fourth-order valence-corrected chi connectivity index (χ4v) is 4.45. The van der Waals surface area contributed by atoms with E-state index in [1.807, 2.05) is 7.05 Å². The van der Waals surface area contributed by atoms with Crippen LogP contribution in [-0.2, 0) is 0 Å². The van der Waals surface area contributed by atoms with Crippen molar-refractivity contribution >= 4 is 29.9 Å². The molecule has 2 fully saturated rings. The van der Waals surface area contributed by atoms with Crippen LogP contribution >= 0.6 is 24.0 Å². The van der Waals surface area contributed by atoms with Crippen LogP contribution in [0.5, 0.6) is 5.75 Å². The molecule has 0 spiro atoms. The van der Waals surface area contributed by atoms with E-state index in [0.29, 0.717) is 5.92 Å². The van der Waals surface area contributed by atoms with Crippen molar-refractivity contribution in [3.63, 3.8) is 0 Å². The van der Waals surface area contributed by atoms with Crippen LogP contribution in [0.3, 0.4) is 0 Å². The molecule has 6 heteroatoms. The van der Waals surface area contributed by atoms with E-state index in [1.165, 1.54) is 70.1 Å². The second-order valence-electron chi connectivity index (χ2n) is 8.14. The van der Waals surface area contributed by atoms with Crippen LogP contribution in [0.25, 0.3) is 0 Å². The quantitative estimate of drug-likeness (QED) is 0.243. The highest BCUT2D eigenvalue weighted by molar-refractivity contribution is 14.0. The summed E-state index contributed by atoms with van der Waals surface area (Å²) in [7, 11) is 3.62. The van der Waals surface area contributed by atoms with E-state index >= 15 is 0 Å². The van der Waals surface area contributed by atoms with Crippen LogP contribution in [0.15, 0.2) is 29.3 Å². The minimum absolute atomic E-state index is 0. The number of piperidine rings is 1. The van der Waals surface area contributed by atoms with Gasteiger partial charge < -0.3 is 19.9 Å². The van der Waals surface area contributed by atoms with E-state index in [1.54, 1.807) is 7.11 Å². The van der Waals surface area contributed by atoms with Gasteiger partial charge in [0.1, 0.15) is 5.75 Å². The number of methoxy groups -OCH3 is 1. The fraction of sp³-hybridized carbons (Fsp3) is 0.696. The van der Waals surface area contributed by atoms with Crippen molar-refractivity contribution in [2.75, 3.05) is 53.4 Å². The number of aliphatic imine (C=N–C) groups is 1. The molecule has 0 aromatic heterocycles. The molecule has 1 atom stereocenters. The topological polar surface area (TPSA) is 40.1 Å². The first-order chi connectivity index (χ1) is 13.8. The Hall–Kier alpha value is -1.02. The average molecular weight is 514 g/mol. The van der Waals surface area contributed by atoms with Gasteiger partial charge in [0.15, 0.2) is 5.96 Å². The minimum atomic E-state index is 0. The third kappa shape index (κ3) is 7.63. The molecule has 0 radical (unpaired) electrons. The average Bonchev–Trinajstić information content (AvgIpc) is 3.24. The van der Waals surface area contributed by atoms with E-state index < -0.39 is 0 Å². The van der Waals surface area contributed by atoms with Crippen LogP contribution in [-0.4, -0.2) is 69.2 Å². The summed E-state index contributed by atoms with van der Waals surface area (Å²) in [6.07, 6.45) is 9.25. The van der Waals surface area contributed by atoms with Crippen molar-refractivity contribution in [1.82, 2.24) is 15.1 Å². The highest BCUT2D eigenvalue weighted by Gasteiger charge is 2.25. The van der Waals surface area contributed by atoms with Crippen molar-refractivity contribution in [3.8, 4) is 5.75 Å². The lowest BCUT2D eigenvalue weighted by molar-refractivity contribution is 0.224. The summed E-state index contributed by atoms with van der Waals surface area (Å²) < 4.78 is 5.27. The lowest BCUT2D eigenvalue weighted by Gasteiger charge is -2.26. The molecule has 3 rings (SSSR count). The number of halogens is 1. The molecule has 1 aromatic rings. The van der Waals surface area contributed by atoms with Crippen LogP contribution in [0.1, 0.15) is 56.4 Å². The molecule has 2 saturated heterocycles. The van der Waals surface area contributed by atoms with Gasteiger partial charge in [-0.1, -0.05) is 25.0 Å². The molecule has 2 heterocycles. The Morgan fingerprint density at radius 2 is 1.83 bits per heavy atom. The molecule has 0 amide bonds. The molecule has 1 N–H and O–H groups in total. The molecule has 0 bridgehead atoms. The first kappa shape index (κ1) is 24.3. The molecule has 0 aliphatic carbocycles. The molecular formula is C23H39IN4O. The van der Waals surface area contributed by atoms with E-state index in [-0.39, 0.29) is 24.0 Å². The number of likely N-dealkylation sites (tertiary alicyclic amines) is 2. The standard InChI is InChI=1S/C23H38N4O.HI/c1-24-23(25-14-5-3-6-15-26-16-7-4-8-17-26)27-18-13-21(19-27)20-9-11-22(28-2)12-10-20;/h9-12,21H,3-8,13-19H2,1-2H3,(H,24,25);1H. The Morgan fingerprint density at radius 3 is 2.52 bits per heavy atom. The van der Waals surface area contributed by atoms with Crippen LogP contribution in [0.4, 0.5) is 0 Å². The summed E-state index contributed by atoms with van der Waals surface area (Å²) in [5, 5.41) is 3.58. The summed E-state index contributed by atoms with van der Waals surface area (Å²) in [5.41, 5.74) is 1.40. The van der Waals surface area contributed by atoms with Crippen LogP contribution < -0.4 is 10.1 Å². The summed E-state index contributed by atoms with van der Waals surface area (Å²) in [4.78, 5) is 9.56. The number of benzene rings is 1. The molecule has 2 aliphatic rings. The van der Waals surface area contributed by atoms with Crippen molar-refractivity contribution in [1.29, 1.82) is 0 Å². The Labute approximate surface area is 194 Å². The summed E-state index contributed by atoms with van der Waals surface area (Å²) in [5.74, 6) is 2.57. The van der Waals surface area contributed by atoms with Crippen molar-refractivity contribution in [2.24, 2.45) is 4.99 Å². The normalized spacial score (nSPS) is 20.4. The lowest BCUT2D eigenvalue weighted by Crippen LogP contribution is -2.40. The van der Waals surface area contributed by atoms with Gasteiger partial charge in [-0.25, -0.2) is 0 Å². The Morgan fingerprint density at radius 1 is 1.07 bits per heavy atom. The van der Waals surface area contributed by atoms with Crippen LogP contribution in [0.2, 0.25) is 0 Å². The highest BCUT2D eigenvalue weighted by Crippen LogP contribution is 2.28. The first-order valence-corrected chi connectivity index (χ1v) is 11.1. The summed E-state index contributed by atoms with van der Waals surface area (Å²) >= 11 is 0. The van der Waals surface area contributed by atoms with E-state index in [0.717, 1.165) is 31.3 Å². The predicted octanol–water partition coefficient (Wildman–Crippen LogP) is 4.33. The number of hydrogen-bond acceptors (Lipinski definition) is 3. The molecule has 1 unspecified atom stereocenters. The Balaban J connectivity index is 0.00000300. The first-order valence-electron chi connectivity index (χ1n) is 11.1. The van der Waals surface area contributed by atoms with Gasteiger partial charge in [-0.15, -0.1) is 24.0 Å². The van der Waals surface area contributed by atoms with Gasteiger partial charge >= 0.3 is 0 Å². The number of guanidine groups is 1. The maximum atomic E-state index is 5.27. The third-order valence-corrected chi connectivity index (χ3v) is 6.17. The minimum Gasteiger partial charge on any atom is -0.497 e. The van der Waals surface area contributed by atoms with Gasteiger partial charge in [0.2, 0.25) is 0 Å². The lowest BCUT2D eigenvalue weighted by atomic mass is 9.98. The third-order valence-electron chi connectivity index (χ3n) is 6.17. The number of ether oxygens (including phenoxy) is 1. The SMILES string of the molecule is CN=C(NCCCCCN1CCCCC1)N1CCC(c2ccc(OC)cc2)C1.I. The number of rotatable bonds is 8. The Bertz CT molecular complexity index is 601. The van der Waals surface area contributed by atoms with E-state index in [4.69, 9.17) is 4.74 Å². The summed E-state index contributed by atoms with van der Waals surface area (Å²) in [6, 6.07) is 8.53. The van der Waals surface area contributed by atoms with Gasteiger partial charge in [0, 0.05) is 32.6 Å². The molecule has 29 heavy (non-hydrogen) atoms. The predicted molar refractivity (Wildman–Crippen MR) is 133 cm³/mol. The fourth-order valence-electron chi connectivity index (χ4n) is 4.45. The van der Waals surface area contributed by atoms with E-state index in [2.05, 4.69) is 44.4 Å². The zero-order chi connectivity index (χ0) is 19.6. The Kier molecular flexibility index (Phi) is 11.1. The maximum absolute atomic E-state index is 5.27. The highest BCUT2D eigenvalue weighted by atomic mass is 127. The number of nitrogens with zero attached hydrogens (tertiary/aromatic N) is 3. The zero-order valence-electron chi connectivity index (χ0n) is 18.2. The smallest absolute Gasteiger partial charge is 0.193 e. The van der Waals surface area contributed by atoms with Gasteiger partial charge in [0.25, 0.3) is 0 Å². The zero-order valence-corrected chi connectivity index (χ0v) is 20.6.